The van der Waals surface area contributed by atoms with Gasteiger partial charge in [0.05, 0.1) is 22.2 Å². The van der Waals surface area contributed by atoms with E-state index < -0.39 is 32.8 Å². The van der Waals surface area contributed by atoms with Crippen molar-refractivity contribution in [3.63, 3.8) is 0 Å². The number of benzene rings is 1. The molecule has 19 heavy (non-hydrogen) atoms. The summed E-state index contributed by atoms with van der Waals surface area (Å²) in [4.78, 5) is 9.87. The molecule has 1 aromatic carbocycles. The summed E-state index contributed by atoms with van der Waals surface area (Å²) >= 11 is 4.02. The van der Waals surface area contributed by atoms with E-state index in [0.717, 1.165) is 12.1 Å². The van der Waals surface area contributed by atoms with Gasteiger partial charge in [0.1, 0.15) is 0 Å². The van der Waals surface area contributed by atoms with Gasteiger partial charge in [-0.05, 0) is 12.0 Å². The van der Waals surface area contributed by atoms with Crippen LogP contribution in [0.4, 0.5) is 5.69 Å². The van der Waals surface area contributed by atoms with Gasteiger partial charge in [-0.1, -0.05) is 0 Å². The Morgan fingerprint density at radius 2 is 1.89 bits per heavy atom. The maximum absolute atomic E-state index is 12.0. The molecule has 0 amide bonds. The van der Waals surface area contributed by atoms with Gasteiger partial charge in [-0.15, -0.1) is 12.6 Å². The minimum atomic E-state index is -3.86. The van der Waals surface area contributed by atoms with Crippen LogP contribution in [0.2, 0.25) is 0 Å². The van der Waals surface area contributed by atoms with E-state index >= 15 is 0 Å². The summed E-state index contributed by atoms with van der Waals surface area (Å²) in [5.74, 6) is -0.542. The Kier molecular flexibility index (Phi) is 5.29. The van der Waals surface area contributed by atoms with Gasteiger partial charge < -0.3 is 10.2 Å². The average Bonchev–Trinajstić information content (AvgIpc) is 2.31. The second kappa shape index (κ2) is 6.33. The molecule has 7 nitrogen and oxygen atoms in total. The third-order valence-electron chi connectivity index (χ3n) is 2.44. The van der Waals surface area contributed by atoms with Crippen molar-refractivity contribution in [1.29, 1.82) is 0 Å². The minimum Gasteiger partial charge on any atom is -0.396 e. The molecule has 0 saturated heterocycles. The third-order valence-corrected chi connectivity index (χ3v) is 4.59. The quantitative estimate of drug-likeness (QED) is 0.392. The number of hydrogen-bond acceptors (Lipinski definition) is 7. The van der Waals surface area contributed by atoms with Crippen molar-refractivity contribution in [3.05, 3.63) is 27.8 Å². The molecule has 0 bridgehead atoms. The number of non-ortho nitro benzene ring substituents is 1. The molecule has 0 aliphatic heterocycles. The van der Waals surface area contributed by atoms with Crippen molar-refractivity contribution in [1.82, 2.24) is 0 Å². The molecule has 0 unspecified atom stereocenters. The first-order valence-corrected chi connectivity index (χ1v) is 7.38. The number of rotatable bonds is 6. The van der Waals surface area contributed by atoms with Gasteiger partial charge in [0, 0.05) is 23.6 Å². The first-order chi connectivity index (χ1) is 8.83. The fourth-order valence-corrected chi connectivity index (χ4v) is 3.38. The Balaban J connectivity index is 3.52. The Labute approximate surface area is 115 Å². The lowest BCUT2D eigenvalue weighted by Crippen LogP contribution is -2.14. The second-order valence-corrected chi connectivity index (χ2v) is 6.27. The van der Waals surface area contributed by atoms with Crippen LogP contribution in [-0.2, 0) is 16.3 Å². The lowest BCUT2D eigenvalue weighted by atomic mass is 10.1. The molecule has 0 aromatic heterocycles. The highest BCUT2D eigenvalue weighted by atomic mass is 32.2. The largest absolute Gasteiger partial charge is 0.396 e. The van der Waals surface area contributed by atoms with E-state index in [1.54, 1.807) is 0 Å². The summed E-state index contributed by atoms with van der Waals surface area (Å²) in [6.45, 7) is -0.904. The van der Waals surface area contributed by atoms with E-state index in [9.17, 15) is 18.5 Å². The smallest absolute Gasteiger partial charge is 0.271 e. The van der Waals surface area contributed by atoms with Gasteiger partial charge in [-0.25, -0.2) is 8.42 Å². The maximum Gasteiger partial charge on any atom is 0.271 e. The van der Waals surface area contributed by atoms with Gasteiger partial charge >= 0.3 is 0 Å². The van der Waals surface area contributed by atoms with E-state index in [-0.39, 0.29) is 28.4 Å². The van der Waals surface area contributed by atoms with Gasteiger partial charge in [0.2, 0.25) is 0 Å². The van der Waals surface area contributed by atoms with Crippen molar-refractivity contribution in [2.45, 2.75) is 16.2 Å². The fourth-order valence-electron chi connectivity index (χ4n) is 1.59. The topological polar surface area (TPSA) is 118 Å². The number of nitro groups is 1. The molecule has 0 saturated carbocycles. The second-order valence-electron chi connectivity index (χ2n) is 3.71. The van der Waals surface area contributed by atoms with Crippen molar-refractivity contribution < 1.29 is 23.6 Å². The molecular formula is C10H13NO6S2. The molecular weight excluding hydrogens is 294 g/mol. The van der Waals surface area contributed by atoms with Crippen LogP contribution < -0.4 is 0 Å². The monoisotopic (exact) mass is 307 g/mol. The fraction of sp³-hybridized carbons (Fsp3) is 0.400. The Bertz CT molecular complexity index is 584. The standard InChI is InChI=1S/C10H13NO6S2/c12-2-1-8-9(18)5-7(11(14)15)6-10(8)19(16,17)4-3-13/h5-6,12-13,18H,1-4H2. The molecule has 0 heterocycles. The Hall–Kier alpha value is -1.16. The van der Waals surface area contributed by atoms with Gasteiger partial charge in [0.15, 0.2) is 9.84 Å². The van der Waals surface area contributed by atoms with Crippen molar-refractivity contribution in [2.24, 2.45) is 0 Å². The zero-order chi connectivity index (χ0) is 14.6. The third kappa shape index (κ3) is 3.66. The van der Waals surface area contributed by atoms with E-state index in [1.165, 1.54) is 0 Å². The maximum atomic E-state index is 12.0. The van der Waals surface area contributed by atoms with Crippen LogP contribution in [0.5, 0.6) is 0 Å². The lowest BCUT2D eigenvalue weighted by molar-refractivity contribution is -0.385. The van der Waals surface area contributed by atoms with Crippen LogP contribution in [0.1, 0.15) is 5.56 Å². The summed E-state index contributed by atoms with van der Waals surface area (Å²) in [5, 5.41) is 28.4. The van der Waals surface area contributed by atoms with Gasteiger partial charge in [-0.2, -0.15) is 0 Å². The van der Waals surface area contributed by atoms with Crippen LogP contribution in [0, 0.1) is 10.1 Å². The highest BCUT2D eigenvalue weighted by molar-refractivity contribution is 7.91. The molecule has 1 rings (SSSR count). The molecule has 2 N–H and O–H groups in total. The van der Waals surface area contributed by atoms with Crippen molar-refractivity contribution in [2.75, 3.05) is 19.0 Å². The van der Waals surface area contributed by atoms with Crippen LogP contribution >= 0.6 is 12.6 Å². The Morgan fingerprint density at radius 1 is 1.26 bits per heavy atom. The SMILES string of the molecule is O=[N+]([O-])c1cc(S)c(CCO)c(S(=O)(=O)CCO)c1. The first kappa shape index (κ1) is 15.9. The minimum absolute atomic E-state index is 0.0107. The zero-order valence-electron chi connectivity index (χ0n) is 9.81. The molecule has 0 aliphatic rings. The average molecular weight is 307 g/mol. The number of nitro benzene ring substituents is 1. The van der Waals surface area contributed by atoms with E-state index in [1.807, 2.05) is 0 Å². The number of aliphatic hydroxyl groups is 2. The molecule has 1 aromatic rings. The number of hydrogen-bond donors (Lipinski definition) is 3. The summed E-state index contributed by atoms with van der Waals surface area (Å²) < 4.78 is 23.9. The molecule has 0 fully saturated rings. The van der Waals surface area contributed by atoms with Crippen LogP contribution in [0.3, 0.4) is 0 Å². The highest BCUT2D eigenvalue weighted by Gasteiger charge is 2.23. The number of thiol groups is 1. The summed E-state index contributed by atoms with van der Waals surface area (Å²) in [6, 6.07) is 2.06. The molecule has 0 spiro atoms. The van der Waals surface area contributed by atoms with E-state index in [0.29, 0.717) is 0 Å². The van der Waals surface area contributed by atoms with Gasteiger partial charge in [-0.3, -0.25) is 10.1 Å². The molecule has 0 atom stereocenters. The zero-order valence-corrected chi connectivity index (χ0v) is 11.5. The van der Waals surface area contributed by atoms with Crippen LogP contribution in [0.15, 0.2) is 21.9 Å². The lowest BCUT2D eigenvalue weighted by Gasteiger charge is -2.11. The number of aliphatic hydroxyl groups excluding tert-OH is 2. The number of nitrogens with zero attached hydrogens (tertiary/aromatic N) is 1. The predicted octanol–water partition coefficient (Wildman–Crippen LogP) is 0.184. The first-order valence-electron chi connectivity index (χ1n) is 5.28. The summed E-state index contributed by atoms with van der Waals surface area (Å²) in [6.07, 6.45) is 0.0107. The summed E-state index contributed by atoms with van der Waals surface area (Å²) in [7, 11) is -3.86. The van der Waals surface area contributed by atoms with E-state index in [4.69, 9.17) is 10.2 Å². The predicted molar refractivity (Wildman–Crippen MR) is 70.3 cm³/mol. The van der Waals surface area contributed by atoms with Crippen LogP contribution in [0.25, 0.3) is 0 Å². The highest BCUT2D eigenvalue weighted by Crippen LogP contribution is 2.29. The van der Waals surface area contributed by atoms with Crippen LogP contribution in [-0.4, -0.2) is 42.5 Å². The normalized spacial score (nSPS) is 11.5. The molecule has 0 radical (unpaired) electrons. The molecule has 9 heteroatoms. The van der Waals surface area contributed by atoms with E-state index in [2.05, 4.69) is 12.6 Å². The van der Waals surface area contributed by atoms with Gasteiger partial charge in [0.25, 0.3) is 5.69 Å². The van der Waals surface area contributed by atoms with Crippen molar-refractivity contribution in [3.8, 4) is 0 Å². The number of sulfone groups is 1. The van der Waals surface area contributed by atoms with Crippen molar-refractivity contribution >= 4 is 28.2 Å². The Morgan fingerprint density at radius 3 is 2.37 bits per heavy atom. The molecule has 106 valence electrons. The molecule has 0 aliphatic carbocycles. The summed E-state index contributed by atoms with van der Waals surface area (Å²) in [5.41, 5.74) is -0.187.